The van der Waals surface area contributed by atoms with Crippen LogP contribution in [0.1, 0.15) is 0 Å². The summed E-state index contributed by atoms with van der Waals surface area (Å²) < 4.78 is 0. The minimum absolute atomic E-state index is 0.325. The van der Waals surface area contributed by atoms with E-state index < -0.39 is 0 Å². The molecule has 104 valence electrons. The largest absolute Gasteiger partial charge is 0.216 e. The molecule has 0 amide bonds. The first-order valence-electron chi connectivity index (χ1n) is 6.19. The third-order valence-corrected chi connectivity index (χ3v) is 3.78. The van der Waals surface area contributed by atoms with Crippen molar-refractivity contribution < 1.29 is 0 Å². The second kappa shape index (κ2) is 6.02. The summed E-state index contributed by atoms with van der Waals surface area (Å²) in [7, 11) is 0. The fourth-order valence-corrected chi connectivity index (χ4v) is 2.71. The molecule has 0 spiro atoms. The Balaban J connectivity index is 2.10. The molecule has 2 nitrogen and oxygen atoms in total. The van der Waals surface area contributed by atoms with Crippen LogP contribution in [-0.2, 0) is 0 Å². The zero-order valence-electron chi connectivity index (χ0n) is 10.7. The lowest BCUT2D eigenvalue weighted by molar-refractivity contribution is 1.18. The third-order valence-electron chi connectivity index (χ3n) is 2.99. The lowest BCUT2D eigenvalue weighted by Crippen LogP contribution is -1.94. The van der Waals surface area contributed by atoms with Crippen molar-refractivity contribution >= 4 is 34.8 Å². The van der Waals surface area contributed by atoms with E-state index in [-0.39, 0.29) is 0 Å². The van der Waals surface area contributed by atoms with Gasteiger partial charge in [-0.1, -0.05) is 65.1 Å². The van der Waals surface area contributed by atoms with Gasteiger partial charge in [-0.3, -0.25) is 0 Å². The van der Waals surface area contributed by atoms with Crippen LogP contribution in [0.5, 0.6) is 0 Å². The van der Waals surface area contributed by atoms with Crippen LogP contribution >= 0.6 is 34.8 Å². The van der Waals surface area contributed by atoms with E-state index in [2.05, 4.69) is 9.97 Å². The molecular weight excluding hydrogens is 327 g/mol. The topological polar surface area (TPSA) is 25.8 Å². The molecule has 0 saturated carbocycles. The molecular formula is C16H9Cl3N2. The summed E-state index contributed by atoms with van der Waals surface area (Å²) in [4.78, 5) is 8.67. The van der Waals surface area contributed by atoms with Gasteiger partial charge in [0.15, 0.2) is 5.82 Å². The van der Waals surface area contributed by atoms with E-state index in [1.807, 2.05) is 42.5 Å². The molecule has 0 aliphatic heterocycles. The molecule has 0 aliphatic carbocycles. The van der Waals surface area contributed by atoms with Crippen LogP contribution in [0.15, 0.2) is 54.6 Å². The lowest BCUT2D eigenvalue weighted by atomic mass is 10.1. The van der Waals surface area contributed by atoms with Gasteiger partial charge in [0.1, 0.15) is 10.3 Å². The summed E-state index contributed by atoms with van der Waals surface area (Å²) >= 11 is 18.5. The maximum atomic E-state index is 6.29. The molecule has 3 aromatic rings. The van der Waals surface area contributed by atoms with Crippen LogP contribution in [-0.4, -0.2) is 9.97 Å². The molecule has 0 bridgehead atoms. The second-order valence-electron chi connectivity index (χ2n) is 4.38. The van der Waals surface area contributed by atoms with Crippen LogP contribution in [0.3, 0.4) is 0 Å². The Hall–Kier alpha value is -1.61. The molecule has 0 aliphatic rings. The van der Waals surface area contributed by atoms with Gasteiger partial charge in [0, 0.05) is 10.6 Å². The Kier molecular flexibility index (Phi) is 4.11. The van der Waals surface area contributed by atoms with Gasteiger partial charge in [0.05, 0.1) is 5.56 Å². The van der Waals surface area contributed by atoms with Gasteiger partial charge in [-0.2, -0.15) is 0 Å². The van der Waals surface area contributed by atoms with E-state index in [9.17, 15) is 0 Å². The minimum Gasteiger partial charge on any atom is -0.216 e. The fourth-order valence-electron chi connectivity index (χ4n) is 1.98. The first-order chi connectivity index (χ1) is 10.1. The number of benzene rings is 2. The number of rotatable bonds is 2. The molecule has 0 unspecified atom stereocenters. The highest BCUT2D eigenvalue weighted by molar-refractivity contribution is 6.37. The summed E-state index contributed by atoms with van der Waals surface area (Å²) in [5, 5.41) is 1.30. The van der Waals surface area contributed by atoms with Crippen LogP contribution in [0, 0.1) is 0 Å². The summed E-state index contributed by atoms with van der Waals surface area (Å²) in [6.45, 7) is 0. The predicted molar refractivity (Wildman–Crippen MR) is 87.9 cm³/mol. The molecule has 1 aromatic heterocycles. The van der Waals surface area contributed by atoms with Gasteiger partial charge < -0.3 is 0 Å². The number of aromatic nitrogens is 2. The van der Waals surface area contributed by atoms with Crippen LogP contribution in [0.25, 0.3) is 22.5 Å². The average molecular weight is 336 g/mol. The summed E-state index contributed by atoms with van der Waals surface area (Å²) in [6, 6.07) is 16.8. The highest BCUT2D eigenvalue weighted by atomic mass is 35.5. The average Bonchev–Trinajstić information content (AvgIpc) is 2.48. The van der Waals surface area contributed by atoms with Crippen molar-refractivity contribution in [3.63, 3.8) is 0 Å². The monoisotopic (exact) mass is 334 g/mol. The van der Waals surface area contributed by atoms with Gasteiger partial charge in [-0.25, -0.2) is 9.97 Å². The summed E-state index contributed by atoms with van der Waals surface area (Å²) in [6.07, 6.45) is 0. The van der Waals surface area contributed by atoms with E-state index in [0.29, 0.717) is 26.7 Å². The molecule has 3 rings (SSSR count). The Bertz CT molecular complexity index is 748. The molecule has 0 fully saturated rings. The van der Waals surface area contributed by atoms with E-state index in [1.165, 1.54) is 0 Å². The normalized spacial score (nSPS) is 10.6. The van der Waals surface area contributed by atoms with E-state index in [1.54, 1.807) is 12.1 Å². The quantitative estimate of drug-likeness (QED) is 0.555. The predicted octanol–water partition coefficient (Wildman–Crippen LogP) is 5.77. The first-order valence-corrected chi connectivity index (χ1v) is 7.33. The number of nitrogens with zero attached hydrogens (tertiary/aromatic N) is 2. The summed E-state index contributed by atoms with van der Waals surface area (Å²) in [5.74, 6) is 0.473. The third kappa shape index (κ3) is 3.03. The Morgan fingerprint density at radius 2 is 1.19 bits per heavy atom. The standard InChI is InChI=1S/C16H9Cl3N2/c17-12-8-6-11(7-9-12)16-20-14(18)13(15(19)21-16)10-4-2-1-3-5-10/h1-9H. The van der Waals surface area contributed by atoms with Gasteiger partial charge in [0.2, 0.25) is 0 Å². The number of hydrogen-bond acceptors (Lipinski definition) is 2. The van der Waals surface area contributed by atoms with Gasteiger partial charge in [0.25, 0.3) is 0 Å². The van der Waals surface area contributed by atoms with Crippen molar-refractivity contribution in [1.82, 2.24) is 9.97 Å². The number of halogens is 3. The van der Waals surface area contributed by atoms with Crippen LogP contribution < -0.4 is 0 Å². The second-order valence-corrected chi connectivity index (χ2v) is 5.53. The zero-order chi connectivity index (χ0) is 14.8. The molecule has 1 heterocycles. The van der Waals surface area contributed by atoms with Gasteiger partial charge >= 0.3 is 0 Å². The van der Waals surface area contributed by atoms with E-state index in [4.69, 9.17) is 34.8 Å². The zero-order valence-corrected chi connectivity index (χ0v) is 13.0. The Labute approximate surface area is 137 Å². The highest BCUT2D eigenvalue weighted by Crippen LogP contribution is 2.34. The van der Waals surface area contributed by atoms with E-state index in [0.717, 1.165) is 11.1 Å². The maximum absolute atomic E-state index is 6.29. The molecule has 0 N–H and O–H groups in total. The number of hydrogen-bond donors (Lipinski definition) is 0. The fraction of sp³-hybridized carbons (Fsp3) is 0. The molecule has 2 aromatic carbocycles. The van der Waals surface area contributed by atoms with Gasteiger partial charge in [-0.05, 0) is 29.8 Å². The van der Waals surface area contributed by atoms with Crippen molar-refractivity contribution in [3.8, 4) is 22.5 Å². The molecule has 21 heavy (non-hydrogen) atoms. The van der Waals surface area contributed by atoms with Crippen molar-refractivity contribution in [3.05, 3.63) is 69.9 Å². The minimum atomic E-state index is 0.325. The molecule has 0 saturated heterocycles. The van der Waals surface area contributed by atoms with E-state index >= 15 is 0 Å². The summed E-state index contributed by atoms with van der Waals surface area (Å²) in [5.41, 5.74) is 2.33. The lowest BCUT2D eigenvalue weighted by Gasteiger charge is -2.08. The van der Waals surface area contributed by atoms with Crippen molar-refractivity contribution in [2.45, 2.75) is 0 Å². The van der Waals surface area contributed by atoms with Crippen LogP contribution in [0.2, 0.25) is 15.3 Å². The van der Waals surface area contributed by atoms with Crippen molar-refractivity contribution in [2.24, 2.45) is 0 Å². The SMILES string of the molecule is Clc1ccc(-c2nc(Cl)c(-c3ccccc3)c(Cl)n2)cc1. The smallest absolute Gasteiger partial charge is 0.162 e. The molecule has 0 atom stereocenters. The Morgan fingerprint density at radius 3 is 1.76 bits per heavy atom. The molecule has 0 radical (unpaired) electrons. The first kappa shape index (κ1) is 14.3. The van der Waals surface area contributed by atoms with Crippen LogP contribution in [0.4, 0.5) is 0 Å². The maximum Gasteiger partial charge on any atom is 0.162 e. The highest BCUT2D eigenvalue weighted by Gasteiger charge is 2.14. The van der Waals surface area contributed by atoms with Crippen molar-refractivity contribution in [2.75, 3.05) is 0 Å². The Morgan fingerprint density at radius 1 is 0.619 bits per heavy atom. The molecule has 5 heteroatoms. The van der Waals surface area contributed by atoms with Crippen molar-refractivity contribution in [1.29, 1.82) is 0 Å². The van der Waals surface area contributed by atoms with Gasteiger partial charge in [-0.15, -0.1) is 0 Å².